The van der Waals surface area contributed by atoms with Crippen LogP contribution in [0, 0.1) is 11.3 Å². The molecule has 0 aliphatic carbocycles. The van der Waals surface area contributed by atoms with Gasteiger partial charge in [0, 0.05) is 0 Å². The number of nitriles is 1. The molecule has 14 heavy (non-hydrogen) atoms. The topological polar surface area (TPSA) is 60.7 Å². The number of hydrogen-bond acceptors (Lipinski definition) is 5. The van der Waals surface area contributed by atoms with E-state index >= 15 is 0 Å². The van der Waals surface area contributed by atoms with E-state index in [0.29, 0.717) is 0 Å². The Morgan fingerprint density at radius 1 is 1.29 bits per heavy atom. The summed E-state index contributed by atoms with van der Waals surface area (Å²) in [4.78, 5) is 0. The molecule has 0 aromatic heterocycles. The second-order valence-corrected chi connectivity index (χ2v) is 11.2. The van der Waals surface area contributed by atoms with E-state index in [-0.39, 0.29) is 5.54 Å². The summed E-state index contributed by atoms with van der Waals surface area (Å²) in [5.74, 6) is 0. The fourth-order valence-corrected chi connectivity index (χ4v) is 10.7. The van der Waals surface area contributed by atoms with E-state index in [9.17, 15) is 0 Å². The maximum atomic E-state index is 8.95. The van der Waals surface area contributed by atoms with Crippen LogP contribution in [0.15, 0.2) is 0 Å². The molecular formula is C5H15NO4Si4. The smallest absolute Gasteiger partial charge is 0.320 e. The lowest BCUT2D eigenvalue weighted by molar-refractivity contribution is 0.322. The third-order valence-electron chi connectivity index (χ3n) is 1.89. The van der Waals surface area contributed by atoms with Gasteiger partial charge < -0.3 is 16.5 Å². The van der Waals surface area contributed by atoms with Gasteiger partial charge in [-0.2, -0.15) is 5.26 Å². The summed E-state index contributed by atoms with van der Waals surface area (Å²) < 4.78 is 21.8. The van der Waals surface area contributed by atoms with E-state index in [1.807, 2.05) is 0 Å². The second kappa shape index (κ2) is 7.48. The van der Waals surface area contributed by atoms with Gasteiger partial charge in [0.05, 0.1) is 11.6 Å². The van der Waals surface area contributed by atoms with Gasteiger partial charge in [-0.25, -0.2) is 0 Å². The zero-order valence-electron chi connectivity index (χ0n) is 8.27. The highest BCUT2D eigenvalue weighted by Crippen LogP contribution is 2.18. The molecular weight excluding hydrogens is 250 g/mol. The maximum absolute atomic E-state index is 8.95. The maximum Gasteiger partial charge on any atom is 0.320 e. The minimum Gasteiger partial charge on any atom is -0.425 e. The van der Waals surface area contributed by atoms with Crippen molar-refractivity contribution in [3.8, 4) is 6.07 Å². The normalized spacial score (nSPS) is 31.0. The Hall–Kier alpha value is 0.198. The molecule has 0 aromatic carbocycles. The highest BCUT2D eigenvalue weighted by molar-refractivity contribution is 6.61. The van der Waals surface area contributed by atoms with Crippen molar-refractivity contribution in [2.75, 3.05) is 0 Å². The molecule has 1 aliphatic rings. The molecule has 1 aliphatic heterocycles. The fourth-order valence-electron chi connectivity index (χ4n) is 1.21. The van der Waals surface area contributed by atoms with Gasteiger partial charge in [0.15, 0.2) is 0 Å². The third kappa shape index (κ3) is 4.15. The summed E-state index contributed by atoms with van der Waals surface area (Å²) in [6.45, 7) is 2.07. The second-order valence-electron chi connectivity index (χ2n) is 2.99. The Balaban J connectivity index is 2.41. The summed E-state index contributed by atoms with van der Waals surface area (Å²) in [7, 11) is -4.44. The van der Waals surface area contributed by atoms with Crippen molar-refractivity contribution in [2.45, 2.75) is 25.3 Å². The number of hydrogen-bond donors (Lipinski definition) is 0. The molecule has 5 nitrogen and oxygen atoms in total. The Labute approximate surface area is 92.7 Å². The zero-order chi connectivity index (χ0) is 10.2. The Morgan fingerprint density at radius 3 is 2.43 bits per heavy atom. The largest absolute Gasteiger partial charge is 0.425 e. The standard InChI is InChI=1S/C5H15NO4Si4/c1-2-3-5(4-6)14-9-12-7-11-8-13-10-14/h5,14H,2-3,11-13H2,1H3. The molecule has 9 heteroatoms. The van der Waals surface area contributed by atoms with Gasteiger partial charge in [0.2, 0.25) is 0 Å². The fraction of sp³-hybridized carbons (Fsp3) is 0.800. The Bertz CT molecular complexity index is 193. The van der Waals surface area contributed by atoms with Crippen LogP contribution in [-0.2, 0) is 16.5 Å². The first kappa shape index (κ1) is 12.3. The minimum absolute atomic E-state index is 0.0352. The van der Waals surface area contributed by atoms with Gasteiger partial charge in [0.1, 0.15) is 0 Å². The molecule has 80 valence electrons. The lowest BCUT2D eigenvalue weighted by atomic mass is 10.3. The van der Waals surface area contributed by atoms with Crippen molar-refractivity contribution in [3.63, 3.8) is 0 Å². The van der Waals surface area contributed by atoms with Crippen molar-refractivity contribution in [1.29, 1.82) is 5.26 Å². The predicted molar refractivity (Wildman–Crippen MR) is 61.4 cm³/mol. The monoisotopic (exact) mass is 265 g/mol. The lowest BCUT2D eigenvalue weighted by Crippen LogP contribution is -2.36. The van der Waals surface area contributed by atoms with Crippen molar-refractivity contribution in [3.05, 3.63) is 0 Å². The van der Waals surface area contributed by atoms with Gasteiger partial charge in [-0.1, -0.05) is 13.3 Å². The molecule has 1 unspecified atom stereocenters. The van der Waals surface area contributed by atoms with Crippen LogP contribution < -0.4 is 0 Å². The molecule has 0 bridgehead atoms. The van der Waals surface area contributed by atoms with Crippen LogP contribution in [0.25, 0.3) is 0 Å². The summed E-state index contributed by atoms with van der Waals surface area (Å²) in [5.41, 5.74) is -0.0352. The summed E-state index contributed by atoms with van der Waals surface area (Å²) in [6, 6.07) is 2.28. The third-order valence-corrected chi connectivity index (χ3v) is 9.42. The first-order chi connectivity index (χ1) is 6.88. The molecule has 0 radical (unpaired) electrons. The molecule has 1 heterocycles. The van der Waals surface area contributed by atoms with Gasteiger partial charge >= 0.3 is 9.28 Å². The molecule has 0 N–H and O–H groups in total. The molecule has 1 fully saturated rings. The van der Waals surface area contributed by atoms with Crippen molar-refractivity contribution >= 4 is 39.3 Å². The first-order valence-corrected chi connectivity index (χ1v) is 9.74. The van der Waals surface area contributed by atoms with Crippen LogP contribution in [0.2, 0.25) is 5.54 Å². The summed E-state index contributed by atoms with van der Waals surface area (Å²) in [6.07, 6.45) is 1.86. The van der Waals surface area contributed by atoms with E-state index in [4.69, 9.17) is 21.7 Å². The molecule has 0 spiro atoms. The van der Waals surface area contributed by atoms with E-state index < -0.39 is 39.3 Å². The molecule has 1 rings (SSSR count). The molecule has 0 saturated carbocycles. The SMILES string of the molecule is CCCC(C#N)[SiH]1O[SiH2]O[SiH2]O[SiH2]O1. The predicted octanol–water partition coefficient (Wildman–Crippen LogP) is -2.02. The highest BCUT2D eigenvalue weighted by atomic mass is 28.4. The van der Waals surface area contributed by atoms with Crippen LogP contribution in [-0.4, -0.2) is 39.3 Å². The lowest BCUT2D eigenvalue weighted by Gasteiger charge is -2.23. The van der Waals surface area contributed by atoms with Crippen LogP contribution in [0.5, 0.6) is 0 Å². The molecule has 0 aromatic rings. The highest BCUT2D eigenvalue weighted by Gasteiger charge is 2.26. The minimum atomic E-state index is -1.80. The van der Waals surface area contributed by atoms with Crippen molar-refractivity contribution < 1.29 is 16.5 Å². The molecule has 1 atom stereocenters. The van der Waals surface area contributed by atoms with E-state index in [1.54, 1.807) is 0 Å². The zero-order valence-corrected chi connectivity index (χ0v) is 13.7. The summed E-state index contributed by atoms with van der Waals surface area (Å²) >= 11 is 0. The van der Waals surface area contributed by atoms with Crippen molar-refractivity contribution in [2.24, 2.45) is 0 Å². The number of nitrogens with zero attached hydrogens (tertiary/aromatic N) is 1. The van der Waals surface area contributed by atoms with E-state index in [1.165, 1.54) is 0 Å². The first-order valence-electron chi connectivity index (χ1n) is 4.66. The van der Waals surface area contributed by atoms with Gasteiger partial charge in [-0.05, 0) is 6.42 Å². The van der Waals surface area contributed by atoms with Crippen LogP contribution in [0.4, 0.5) is 0 Å². The van der Waals surface area contributed by atoms with Crippen LogP contribution in [0.3, 0.4) is 0 Å². The van der Waals surface area contributed by atoms with Gasteiger partial charge in [-0.3, -0.25) is 0 Å². The van der Waals surface area contributed by atoms with Gasteiger partial charge in [-0.15, -0.1) is 0 Å². The van der Waals surface area contributed by atoms with Crippen LogP contribution >= 0.6 is 0 Å². The Morgan fingerprint density at radius 2 is 1.93 bits per heavy atom. The van der Waals surface area contributed by atoms with Crippen LogP contribution in [0.1, 0.15) is 19.8 Å². The average molecular weight is 266 g/mol. The van der Waals surface area contributed by atoms with Gasteiger partial charge in [0.25, 0.3) is 30.0 Å². The van der Waals surface area contributed by atoms with E-state index in [0.717, 1.165) is 12.8 Å². The molecule has 1 saturated heterocycles. The quantitative estimate of drug-likeness (QED) is 0.551. The molecule has 0 amide bonds. The average Bonchev–Trinajstić information content (AvgIpc) is 2.15. The van der Waals surface area contributed by atoms with E-state index in [2.05, 4.69) is 13.0 Å². The van der Waals surface area contributed by atoms with Crippen molar-refractivity contribution in [1.82, 2.24) is 0 Å². The summed E-state index contributed by atoms with van der Waals surface area (Å²) in [5, 5.41) is 8.95. The Kier molecular flexibility index (Phi) is 6.56. The number of rotatable bonds is 3.